The first-order valence-corrected chi connectivity index (χ1v) is 6.87. The molecule has 1 atom stereocenters. The first kappa shape index (κ1) is 14.3. The molecular formula is C10H10Cl2N2O2S. The van der Waals surface area contributed by atoms with Gasteiger partial charge >= 0.3 is 0 Å². The van der Waals surface area contributed by atoms with Crippen LogP contribution >= 0.6 is 23.2 Å². The Morgan fingerprint density at radius 1 is 1.59 bits per heavy atom. The van der Waals surface area contributed by atoms with Gasteiger partial charge in [0.2, 0.25) is 10.0 Å². The summed E-state index contributed by atoms with van der Waals surface area (Å²) in [6, 6.07) is 0.876. The summed E-state index contributed by atoms with van der Waals surface area (Å²) >= 11 is 11.3. The van der Waals surface area contributed by atoms with E-state index in [-0.39, 0.29) is 21.1 Å². The summed E-state index contributed by atoms with van der Waals surface area (Å²) in [7, 11) is -3.67. The van der Waals surface area contributed by atoms with Gasteiger partial charge in [-0.15, -0.1) is 12.3 Å². The van der Waals surface area contributed by atoms with Gasteiger partial charge in [-0.1, -0.05) is 23.2 Å². The molecule has 0 fully saturated rings. The molecule has 1 rings (SSSR count). The maximum absolute atomic E-state index is 11.9. The topological polar surface area (TPSA) is 59.1 Å². The zero-order chi connectivity index (χ0) is 13.1. The Hall–Kier alpha value is -0.800. The summed E-state index contributed by atoms with van der Waals surface area (Å²) in [4.78, 5) is 3.63. The van der Waals surface area contributed by atoms with Crippen molar-refractivity contribution < 1.29 is 8.42 Å². The number of hydrogen-bond acceptors (Lipinski definition) is 3. The monoisotopic (exact) mass is 292 g/mol. The van der Waals surface area contributed by atoms with Gasteiger partial charge in [-0.2, -0.15) is 0 Å². The average Bonchev–Trinajstić information content (AvgIpc) is 2.21. The fraction of sp³-hybridized carbons (Fsp3) is 0.300. The molecule has 1 aromatic rings. The minimum Gasteiger partial charge on any atom is -0.242 e. The normalized spacial score (nSPS) is 13.1. The Morgan fingerprint density at radius 2 is 2.24 bits per heavy atom. The van der Waals surface area contributed by atoms with Crippen LogP contribution in [-0.4, -0.2) is 19.4 Å². The Balaban J connectivity index is 2.98. The summed E-state index contributed by atoms with van der Waals surface area (Å²) in [5.74, 6) is 2.37. The van der Waals surface area contributed by atoms with Gasteiger partial charge in [0.15, 0.2) is 0 Å². The molecule has 0 bridgehead atoms. The quantitative estimate of drug-likeness (QED) is 0.683. The van der Waals surface area contributed by atoms with Crippen molar-refractivity contribution in [2.45, 2.75) is 24.3 Å². The highest BCUT2D eigenvalue weighted by molar-refractivity contribution is 7.89. The Bertz CT molecular complexity index is 552. The summed E-state index contributed by atoms with van der Waals surface area (Å²) in [5, 5.41) is 0.140. The van der Waals surface area contributed by atoms with Gasteiger partial charge in [-0.3, -0.25) is 0 Å². The fourth-order valence-electron chi connectivity index (χ4n) is 1.10. The van der Waals surface area contributed by atoms with E-state index in [1.165, 1.54) is 6.07 Å². The third-order valence-corrected chi connectivity index (χ3v) is 4.10. The predicted octanol–water partition coefficient (Wildman–Crippen LogP) is 2.08. The molecule has 0 aliphatic rings. The lowest BCUT2D eigenvalue weighted by Crippen LogP contribution is -2.32. The number of nitrogens with one attached hydrogen (secondary N) is 1. The van der Waals surface area contributed by atoms with E-state index in [1.54, 1.807) is 6.92 Å². The summed E-state index contributed by atoms with van der Waals surface area (Å²) in [6.45, 7) is 1.67. The van der Waals surface area contributed by atoms with E-state index in [0.717, 1.165) is 6.20 Å². The van der Waals surface area contributed by atoms with Crippen LogP contribution in [0, 0.1) is 12.3 Å². The molecule has 0 amide bonds. The van der Waals surface area contributed by atoms with Crippen molar-refractivity contribution in [1.82, 2.24) is 9.71 Å². The SMILES string of the molecule is C#CCC(C)NS(=O)(=O)c1cnc(Cl)c(Cl)c1. The second-order valence-electron chi connectivity index (χ2n) is 3.37. The van der Waals surface area contributed by atoms with Crippen LogP contribution in [0.1, 0.15) is 13.3 Å². The van der Waals surface area contributed by atoms with Gasteiger partial charge in [0.25, 0.3) is 0 Å². The van der Waals surface area contributed by atoms with Gasteiger partial charge in [0.05, 0.1) is 5.02 Å². The minimum absolute atomic E-state index is 0.0456. The minimum atomic E-state index is -3.67. The van der Waals surface area contributed by atoms with Crippen molar-refractivity contribution in [3.05, 3.63) is 22.4 Å². The van der Waals surface area contributed by atoms with Crippen LogP contribution in [0.3, 0.4) is 0 Å². The van der Waals surface area contributed by atoms with Crippen LogP contribution < -0.4 is 4.72 Å². The van der Waals surface area contributed by atoms with E-state index in [1.807, 2.05) is 0 Å². The van der Waals surface area contributed by atoms with Crippen molar-refractivity contribution in [3.63, 3.8) is 0 Å². The number of pyridine rings is 1. The van der Waals surface area contributed by atoms with E-state index in [0.29, 0.717) is 6.42 Å². The van der Waals surface area contributed by atoms with E-state index in [2.05, 4.69) is 15.6 Å². The molecule has 92 valence electrons. The lowest BCUT2D eigenvalue weighted by molar-refractivity contribution is 0.563. The summed E-state index contributed by atoms with van der Waals surface area (Å²) < 4.78 is 26.1. The van der Waals surface area contributed by atoms with Crippen LogP contribution in [0.2, 0.25) is 10.2 Å². The number of hydrogen-bond donors (Lipinski definition) is 1. The van der Waals surface area contributed by atoms with Crippen molar-refractivity contribution in [3.8, 4) is 12.3 Å². The largest absolute Gasteiger partial charge is 0.242 e. The van der Waals surface area contributed by atoms with E-state index in [4.69, 9.17) is 29.6 Å². The van der Waals surface area contributed by atoms with Crippen LogP contribution in [-0.2, 0) is 10.0 Å². The van der Waals surface area contributed by atoms with Gasteiger partial charge in [0.1, 0.15) is 10.0 Å². The molecule has 0 aliphatic carbocycles. The van der Waals surface area contributed by atoms with E-state index >= 15 is 0 Å². The fourth-order valence-corrected chi connectivity index (χ4v) is 2.65. The number of sulfonamides is 1. The maximum Gasteiger partial charge on any atom is 0.242 e. The van der Waals surface area contributed by atoms with E-state index < -0.39 is 10.0 Å². The van der Waals surface area contributed by atoms with Crippen molar-refractivity contribution >= 4 is 33.2 Å². The van der Waals surface area contributed by atoms with Crippen LogP contribution in [0.15, 0.2) is 17.2 Å². The standard InChI is InChI=1S/C10H10Cl2N2O2S/c1-3-4-7(2)14-17(15,16)8-5-9(11)10(12)13-6-8/h1,5-7,14H,4H2,2H3. The van der Waals surface area contributed by atoms with Crippen LogP contribution in [0.4, 0.5) is 0 Å². The van der Waals surface area contributed by atoms with E-state index in [9.17, 15) is 8.42 Å². The highest BCUT2D eigenvalue weighted by Gasteiger charge is 2.18. The first-order chi connectivity index (χ1) is 7.86. The molecule has 0 aromatic carbocycles. The number of rotatable bonds is 4. The Morgan fingerprint density at radius 3 is 2.76 bits per heavy atom. The number of halogens is 2. The molecular weight excluding hydrogens is 283 g/mol. The summed E-state index contributed by atoms with van der Waals surface area (Å²) in [6.07, 6.45) is 6.53. The van der Waals surface area contributed by atoms with Crippen molar-refractivity contribution in [1.29, 1.82) is 0 Å². The predicted molar refractivity (Wildman–Crippen MR) is 67.5 cm³/mol. The zero-order valence-corrected chi connectivity index (χ0v) is 11.3. The number of aromatic nitrogens is 1. The van der Waals surface area contributed by atoms with Crippen molar-refractivity contribution in [2.75, 3.05) is 0 Å². The zero-order valence-electron chi connectivity index (χ0n) is 8.94. The molecule has 0 saturated heterocycles. The second kappa shape index (κ2) is 5.69. The molecule has 0 radical (unpaired) electrons. The lowest BCUT2D eigenvalue weighted by Gasteiger charge is -2.11. The third kappa shape index (κ3) is 3.86. The molecule has 1 aromatic heterocycles. The van der Waals surface area contributed by atoms with Crippen molar-refractivity contribution in [2.24, 2.45) is 0 Å². The Kier molecular flexibility index (Phi) is 4.78. The molecule has 0 spiro atoms. The van der Waals surface area contributed by atoms with Crippen LogP contribution in [0.5, 0.6) is 0 Å². The summed E-state index contributed by atoms with van der Waals surface area (Å²) in [5.41, 5.74) is 0. The smallest absolute Gasteiger partial charge is 0.242 e. The van der Waals surface area contributed by atoms with Gasteiger partial charge < -0.3 is 0 Å². The van der Waals surface area contributed by atoms with Gasteiger partial charge in [0, 0.05) is 18.7 Å². The lowest BCUT2D eigenvalue weighted by atomic mass is 10.3. The number of nitrogens with zero attached hydrogens (tertiary/aromatic N) is 1. The first-order valence-electron chi connectivity index (χ1n) is 4.63. The molecule has 7 heteroatoms. The highest BCUT2D eigenvalue weighted by atomic mass is 35.5. The highest BCUT2D eigenvalue weighted by Crippen LogP contribution is 2.22. The maximum atomic E-state index is 11.9. The molecule has 1 heterocycles. The molecule has 1 unspecified atom stereocenters. The van der Waals surface area contributed by atoms with Gasteiger partial charge in [-0.25, -0.2) is 18.1 Å². The molecule has 4 nitrogen and oxygen atoms in total. The third-order valence-electron chi connectivity index (χ3n) is 1.86. The molecule has 17 heavy (non-hydrogen) atoms. The molecule has 0 aliphatic heterocycles. The Labute approximate surface area is 110 Å². The average molecular weight is 293 g/mol. The van der Waals surface area contributed by atoms with Crippen LogP contribution in [0.25, 0.3) is 0 Å². The van der Waals surface area contributed by atoms with Gasteiger partial charge in [-0.05, 0) is 13.0 Å². The second-order valence-corrected chi connectivity index (χ2v) is 5.85. The molecule has 0 saturated carbocycles. The molecule has 1 N–H and O–H groups in total. The number of terminal acetylenes is 1.